The van der Waals surface area contributed by atoms with Gasteiger partial charge in [-0.05, 0) is 48.3 Å². The summed E-state index contributed by atoms with van der Waals surface area (Å²) in [6.45, 7) is 5.35. The van der Waals surface area contributed by atoms with Gasteiger partial charge >= 0.3 is 0 Å². The number of amides is 1. The van der Waals surface area contributed by atoms with Gasteiger partial charge in [0, 0.05) is 51.0 Å². The van der Waals surface area contributed by atoms with Crippen LogP contribution in [-0.4, -0.2) is 70.9 Å². The average molecular weight is 445 g/mol. The molecule has 1 N–H and O–H groups in total. The van der Waals surface area contributed by atoms with Crippen molar-refractivity contribution in [2.75, 3.05) is 44.2 Å². The number of hydrogen-bond acceptors (Lipinski definition) is 7. The van der Waals surface area contributed by atoms with E-state index in [4.69, 9.17) is 4.84 Å². The number of nitrogens with zero attached hydrogens (tertiary/aromatic N) is 4. The number of hydrogen-bond donors (Lipinski definition) is 1. The molecule has 1 saturated carbocycles. The summed E-state index contributed by atoms with van der Waals surface area (Å²) >= 11 is 1.57. The predicted molar refractivity (Wildman–Crippen MR) is 122 cm³/mol. The zero-order valence-electron chi connectivity index (χ0n) is 18.0. The number of hydroxylamine groups is 2. The summed E-state index contributed by atoms with van der Waals surface area (Å²) in [6.07, 6.45) is 5.71. The number of aliphatic hydroxyl groups is 1. The van der Waals surface area contributed by atoms with E-state index in [1.54, 1.807) is 11.5 Å². The van der Waals surface area contributed by atoms with E-state index in [1.165, 1.54) is 28.0 Å². The van der Waals surface area contributed by atoms with Crippen LogP contribution in [0.5, 0.6) is 0 Å². The maximum absolute atomic E-state index is 12.5. The number of fused-ring (bicyclic) bond motifs is 1. The Hall–Kier alpha value is -1.74. The van der Waals surface area contributed by atoms with Gasteiger partial charge < -0.3 is 10.0 Å². The molecule has 1 aromatic heterocycles. The highest BCUT2D eigenvalue weighted by atomic mass is 32.1. The van der Waals surface area contributed by atoms with Crippen molar-refractivity contribution >= 4 is 33.3 Å². The third-order valence-corrected chi connectivity index (χ3v) is 8.02. The molecule has 168 valence electrons. The Kier molecular flexibility index (Phi) is 6.14. The number of aromatic nitrogens is 1. The van der Waals surface area contributed by atoms with E-state index in [2.05, 4.69) is 38.4 Å². The highest BCUT2D eigenvalue weighted by molar-refractivity contribution is 7.13. The average Bonchev–Trinajstić information content (AvgIpc) is 3.40. The van der Waals surface area contributed by atoms with Gasteiger partial charge in [0.2, 0.25) is 5.91 Å². The van der Waals surface area contributed by atoms with Gasteiger partial charge in [0.05, 0.1) is 11.3 Å². The summed E-state index contributed by atoms with van der Waals surface area (Å²) in [5.41, 5.74) is 0.0265. The van der Waals surface area contributed by atoms with E-state index < -0.39 is 6.23 Å². The molecule has 7 nitrogen and oxygen atoms in total. The Morgan fingerprint density at radius 2 is 1.94 bits per heavy atom. The second-order valence-corrected chi connectivity index (χ2v) is 10.1. The van der Waals surface area contributed by atoms with Gasteiger partial charge in [-0.15, -0.1) is 0 Å². The lowest BCUT2D eigenvalue weighted by atomic mass is 9.76. The van der Waals surface area contributed by atoms with Crippen molar-refractivity contribution in [2.24, 2.45) is 5.41 Å². The molecule has 5 rings (SSSR count). The van der Waals surface area contributed by atoms with Crippen LogP contribution in [-0.2, 0) is 9.63 Å². The maximum Gasteiger partial charge on any atom is 0.249 e. The van der Waals surface area contributed by atoms with E-state index in [-0.39, 0.29) is 11.3 Å². The number of aliphatic hydroxyl groups excluding tert-OH is 1. The molecule has 2 aliphatic heterocycles. The summed E-state index contributed by atoms with van der Waals surface area (Å²) < 4.78 is 5.92. The number of benzene rings is 1. The van der Waals surface area contributed by atoms with E-state index in [0.717, 1.165) is 57.8 Å². The predicted octanol–water partition coefficient (Wildman–Crippen LogP) is 3.24. The molecule has 1 unspecified atom stereocenters. The largest absolute Gasteiger partial charge is 0.371 e. The summed E-state index contributed by atoms with van der Waals surface area (Å²) in [7, 11) is 0. The van der Waals surface area contributed by atoms with Crippen LogP contribution in [0.1, 0.15) is 44.9 Å². The van der Waals surface area contributed by atoms with Gasteiger partial charge in [0.1, 0.15) is 5.82 Å². The highest BCUT2D eigenvalue weighted by Crippen LogP contribution is 2.48. The summed E-state index contributed by atoms with van der Waals surface area (Å²) in [6, 6.07) is 8.43. The van der Waals surface area contributed by atoms with E-state index in [0.29, 0.717) is 19.4 Å². The van der Waals surface area contributed by atoms with Crippen molar-refractivity contribution in [3.05, 3.63) is 24.3 Å². The van der Waals surface area contributed by atoms with Crippen molar-refractivity contribution in [1.29, 1.82) is 0 Å². The molecule has 2 saturated heterocycles. The van der Waals surface area contributed by atoms with Crippen LogP contribution in [0.15, 0.2) is 24.3 Å². The topological polar surface area (TPSA) is 69.1 Å². The first-order chi connectivity index (χ1) is 15.1. The first kappa shape index (κ1) is 21.1. The molecule has 0 radical (unpaired) electrons. The first-order valence-corrected chi connectivity index (χ1v) is 12.4. The molecule has 2 aromatic rings. The fourth-order valence-corrected chi connectivity index (χ4v) is 6.30. The number of rotatable bonds is 6. The number of anilines is 1. The van der Waals surface area contributed by atoms with Crippen LogP contribution in [0, 0.1) is 5.41 Å². The second-order valence-electron chi connectivity index (χ2n) is 9.31. The Morgan fingerprint density at radius 1 is 1.16 bits per heavy atom. The lowest BCUT2D eigenvalue weighted by Gasteiger charge is -2.41. The Morgan fingerprint density at radius 3 is 2.71 bits per heavy atom. The molecule has 1 atom stereocenters. The van der Waals surface area contributed by atoms with Gasteiger partial charge in [-0.3, -0.25) is 14.5 Å². The molecule has 8 heteroatoms. The fraction of sp³-hybridized carbons (Fsp3) is 0.652. The molecule has 1 aliphatic carbocycles. The molecule has 1 aromatic carbocycles. The van der Waals surface area contributed by atoms with Crippen LogP contribution in [0.25, 0.3) is 10.1 Å². The normalized spacial score (nSPS) is 24.5. The van der Waals surface area contributed by atoms with Gasteiger partial charge in [0.15, 0.2) is 6.23 Å². The number of piperidine rings is 1. The lowest BCUT2D eigenvalue weighted by Crippen LogP contribution is -2.50. The maximum atomic E-state index is 12.5. The second kappa shape index (κ2) is 9.02. The van der Waals surface area contributed by atoms with Crippen LogP contribution in [0.2, 0.25) is 0 Å². The minimum Gasteiger partial charge on any atom is -0.371 e. The van der Waals surface area contributed by atoms with Crippen LogP contribution < -0.4 is 4.90 Å². The smallest absolute Gasteiger partial charge is 0.249 e. The van der Waals surface area contributed by atoms with Crippen LogP contribution in [0.4, 0.5) is 5.82 Å². The monoisotopic (exact) mass is 444 g/mol. The molecule has 0 bridgehead atoms. The Bertz CT molecular complexity index is 905. The summed E-state index contributed by atoms with van der Waals surface area (Å²) in [5, 5.41) is 13.0. The molecule has 31 heavy (non-hydrogen) atoms. The van der Waals surface area contributed by atoms with E-state index in [9.17, 15) is 9.90 Å². The molecule has 3 aliphatic rings. The quantitative estimate of drug-likeness (QED) is 0.690. The minimum absolute atomic E-state index is 0.0265. The van der Waals surface area contributed by atoms with Crippen LogP contribution >= 0.6 is 11.5 Å². The lowest BCUT2D eigenvalue weighted by molar-refractivity contribution is -0.253. The van der Waals surface area contributed by atoms with Gasteiger partial charge in [0.25, 0.3) is 0 Å². The fourth-order valence-electron chi connectivity index (χ4n) is 5.51. The van der Waals surface area contributed by atoms with Gasteiger partial charge in [-0.25, -0.2) is 0 Å². The van der Waals surface area contributed by atoms with Gasteiger partial charge in [-0.2, -0.15) is 9.44 Å². The number of piperazine rings is 1. The molecule has 3 heterocycles. The zero-order valence-corrected chi connectivity index (χ0v) is 18.9. The first-order valence-electron chi connectivity index (χ1n) is 11.6. The zero-order chi connectivity index (χ0) is 21.3. The van der Waals surface area contributed by atoms with Crippen molar-refractivity contribution in [2.45, 2.75) is 51.2 Å². The molecular weight excluding hydrogens is 412 g/mol. The van der Waals surface area contributed by atoms with E-state index in [1.807, 2.05) is 0 Å². The Balaban J connectivity index is 1.04. The summed E-state index contributed by atoms with van der Waals surface area (Å²) in [4.78, 5) is 23.1. The van der Waals surface area contributed by atoms with Crippen molar-refractivity contribution in [1.82, 2.24) is 14.3 Å². The van der Waals surface area contributed by atoms with Crippen LogP contribution in [0.3, 0.4) is 0 Å². The molecule has 1 amide bonds. The minimum atomic E-state index is -0.796. The Labute approximate surface area is 187 Å². The third kappa shape index (κ3) is 4.44. The van der Waals surface area contributed by atoms with E-state index >= 15 is 0 Å². The summed E-state index contributed by atoms with van der Waals surface area (Å²) in [5.74, 6) is 1.06. The SMILES string of the molecule is O=C1CC2(CCCC2)CC(O)N1OCCCN1CCN(c2nsc3ccccc23)CC1. The number of carbonyl (C=O) groups excluding carboxylic acids is 1. The van der Waals surface area contributed by atoms with Crippen molar-refractivity contribution in [3.63, 3.8) is 0 Å². The third-order valence-electron chi connectivity index (χ3n) is 7.20. The van der Waals surface area contributed by atoms with Gasteiger partial charge in [-0.1, -0.05) is 25.0 Å². The highest BCUT2D eigenvalue weighted by Gasteiger charge is 2.45. The van der Waals surface area contributed by atoms with Crippen molar-refractivity contribution in [3.8, 4) is 0 Å². The molecular formula is C23H32N4O3S. The van der Waals surface area contributed by atoms with Crippen molar-refractivity contribution < 1.29 is 14.7 Å². The standard InChI is InChI=1S/C23H32N4O3S/c28-20-16-23(8-3-4-9-23)17-21(29)27(20)30-15-5-10-25-11-13-26(14-12-25)22-18-6-1-2-7-19(18)31-24-22/h1-2,6-7,20,28H,3-5,8-17H2. The molecule has 1 spiro atoms. The molecule has 3 fully saturated rings. The number of carbonyl (C=O) groups is 1.